The van der Waals surface area contributed by atoms with Crippen LogP contribution < -0.4 is 0 Å². The number of rotatable bonds is 1. The van der Waals surface area contributed by atoms with Crippen LogP contribution in [0.1, 0.15) is 24.3 Å². The molecule has 1 aromatic rings. The molecule has 51 valence electrons. The molecule has 0 unspecified atom stereocenters. The molecule has 0 spiro atoms. The smallest absolute Gasteiger partial charge is 0.119 e. The van der Waals surface area contributed by atoms with Gasteiger partial charge in [0.2, 0.25) is 0 Å². The number of aromatic hydroxyl groups is 1. The van der Waals surface area contributed by atoms with E-state index < -0.39 is 0 Å². The van der Waals surface area contributed by atoms with Crippen LogP contribution in [0.3, 0.4) is 0 Å². The zero-order valence-electron chi connectivity index (χ0n) is 5.67. The molecule has 1 saturated carbocycles. The van der Waals surface area contributed by atoms with Crippen molar-refractivity contribution in [2.45, 2.75) is 18.8 Å². The summed E-state index contributed by atoms with van der Waals surface area (Å²) in [6, 6.07) is 8.27. The third kappa shape index (κ3) is 0.878. The molecule has 0 amide bonds. The fraction of sp³-hybridized carbons (Fsp3) is 0.333. The Balaban J connectivity index is 2.39. The van der Waals surface area contributed by atoms with Crippen molar-refractivity contribution in [3.05, 3.63) is 29.8 Å². The highest BCUT2D eigenvalue weighted by Gasteiger charge is 2.25. The van der Waals surface area contributed by atoms with Crippen molar-refractivity contribution in [1.29, 1.82) is 0 Å². The van der Waals surface area contributed by atoms with Crippen molar-refractivity contribution in [2.24, 2.45) is 0 Å². The maximum absolute atomic E-state index is 9.29. The second-order valence-electron chi connectivity index (χ2n) is 2.76. The average molecular weight is 133 g/mol. The molecule has 0 saturated heterocycles. The minimum Gasteiger partial charge on any atom is -0.508 e. The molecule has 0 aromatic heterocycles. The SMILES string of the molecule is Oc1c[c]ccc1C1CC1. The van der Waals surface area contributed by atoms with Gasteiger partial charge in [0.25, 0.3) is 0 Å². The molecule has 0 bridgehead atoms. The van der Waals surface area contributed by atoms with Gasteiger partial charge >= 0.3 is 0 Å². The maximum Gasteiger partial charge on any atom is 0.119 e. The van der Waals surface area contributed by atoms with Gasteiger partial charge in [-0.1, -0.05) is 12.1 Å². The number of phenols is 1. The van der Waals surface area contributed by atoms with Gasteiger partial charge in [0.15, 0.2) is 0 Å². The minimum atomic E-state index is 0.407. The summed E-state index contributed by atoms with van der Waals surface area (Å²) in [5.41, 5.74) is 1.10. The molecule has 1 heteroatoms. The van der Waals surface area contributed by atoms with Crippen LogP contribution in [0.4, 0.5) is 0 Å². The van der Waals surface area contributed by atoms with Gasteiger partial charge in [-0.2, -0.15) is 0 Å². The Morgan fingerprint density at radius 2 is 2.30 bits per heavy atom. The first-order valence-electron chi connectivity index (χ1n) is 3.57. The summed E-state index contributed by atoms with van der Waals surface area (Å²) in [7, 11) is 0. The van der Waals surface area contributed by atoms with Crippen molar-refractivity contribution >= 4 is 0 Å². The molecular weight excluding hydrogens is 124 g/mol. The Hall–Kier alpha value is -0.980. The van der Waals surface area contributed by atoms with E-state index in [2.05, 4.69) is 6.07 Å². The first kappa shape index (κ1) is 5.78. The molecule has 1 aromatic carbocycles. The Labute approximate surface area is 60.3 Å². The lowest BCUT2D eigenvalue weighted by Gasteiger charge is -1.98. The van der Waals surface area contributed by atoms with E-state index in [0.717, 1.165) is 5.56 Å². The lowest BCUT2D eigenvalue weighted by Crippen LogP contribution is -1.77. The number of hydrogen-bond acceptors (Lipinski definition) is 1. The summed E-state index contributed by atoms with van der Waals surface area (Å²) >= 11 is 0. The number of benzene rings is 1. The quantitative estimate of drug-likeness (QED) is 0.621. The third-order valence-electron chi connectivity index (χ3n) is 1.89. The van der Waals surface area contributed by atoms with E-state index in [-0.39, 0.29) is 0 Å². The lowest BCUT2D eigenvalue weighted by atomic mass is 10.1. The standard InChI is InChI=1S/C9H9O/c10-9-4-2-1-3-8(9)7-5-6-7/h1,3-4,7,10H,5-6H2. The Morgan fingerprint density at radius 1 is 1.50 bits per heavy atom. The molecule has 1 aliphatic carbocycles. The molecule has 1 fully saturated rings. The van der Waals surface area contributed by atoms with Crippen LogP contribution in [0, 0.1) is 6.07 Å². The van der Waals surface area contributed by atoms with E-state index in [9.17, 15) is 5.11 Å². The van der Waals surface area contributed by atoms with Crippen molar-refractivity contribution in [3.8, 4) is 5.75 Å². The predicted molar refractivity (Wildman–Crippen MR) is 38.9 cm³/mol. The van der Waals surface area contributed by atoms with Crippen LogP contribution >= 0.6 is 0 Å². The molecule has 1 N–H and O–H groups in total. The van der Waals surface area contributed by atoms with Crippen molar-refractivity contribution < 1.29 is 5.11 Å². The van der Waals surface area contributed by atoms with Crippen molar-refractivity contribution in [1.82, 2.24) is 0 Å². The molecule has 2 rings (SSSR count). The topological polar surface area (TPSA) is 20.2 Å². The summed E-state index contributed by atoms with van der Waals surface area (Å²) in [4.78, 5) is 0. The predicted octanol–water partition coefficient (Wildman–Crippen LogP) is 2.07. The van der Waals surface area contributed by atoms with Crippen molar-refractivity contribution in [3.63, 3.8) is 0 Å². The molecule has 1 radical (unpaired) electrons. The second-order valence-corrected chi connectivity index (χ2v) is 2.76. The zero-order valence-corrected chi connectivity index (χ0v) is 5.67. The van der Waals surface area contributed by atoms with E-state index in [1.54, 1.807) is 6.07 Å². The van der Waals surface area contributed by atoms with Crippen LogP contribution in [0.2, 0.25) is 0 Å². The molecule has 1 aliphatic rings. The largest absolute Gasteiger partial charge is 0.508 e. The van der Waals surface area contributed by atoms with Gasteiger partial charge in [0.1, 0.15) is 5.75 Å². The molecule has 1 nitrogen and oxygen atoms in total. The van der Waals surface area contributed by atoms with E-state index in [4.69, 9.17) is 0 Å². The maximum atomic E-state index is 9.29. The van der Waals surface area contributed by atoms with E-state index in [1.807, 2.05) is 12.1 Å². The first-order chi connectivity index (χ1) is 4.88. The molecule has 0 heterocycles. The van der Waals surface area contributed by atoms with E-state index >= 15 is 0 Å². The third-order valence-corrected chi connectivity index (χ3v) is 1.89. The second kappa shape index (κ2) is 2.01. The molecule has 10 heavy (non-hydrogen) atoms. The summed E-state index contributed by atoms with van der Waals surface area (Å²) < 4.78 is 0. The first-order valence-corrected chi connectivity index (χ1v) is 3.57. The highest BCUT2D eigenvalue weighted by molar-refractivity contribution is 5.36. The van der Waals surface area contributed by atoms with Crippen molar-refractivity contribution in [2.75, 3.05) is 0 Å². The van der Waals surface area contributed by atoms with Gasteiger partial charge in [-0.15, -0.1) is 0 Å². The summed E-state index contributed by atoms with van der Waals surface area (Å²) in [6.07, 6.45) is 2.47. The Morgan fingerprint density at radius 3 is 2.90 bits per heavy atom. The number of hydrogen-bond donors (Lipinski definition) is 1. The molecular formula is C9H9O. The summed E-state index contributed by atoms with van der Waals surface area (Å²) in [5.74, 6) is 1.04. The normalized spacial score (nSPS) is 17.2. The fourth-order valence-corrected chi connectivity index (χ4v) is 1.17. The minimum absolute atomic E-state index is 0.407. The average Bonchev–Trinajstić information content (AvgIpc) is 2.71. The lowest BCUT2D eigenvalue weighted by molar-refractivity contribution is 0.468. The summed E-state index contributed by atoms with van der Waals surface area (Å²) in [5, 5.41) is 9.29. The molecule has 0 atom stereocenters. The Bertz CT molecular complexity index is 238. The monoisotopic (exact) mass is 133 g/mol. The van der Waals surface area contributed by atoms with Gasteiger partial charge in [-0.05, 0) is 36.5 Å². The Kier molecular flexibility index (Phi) is 1.16. The van der Waals surface area contributed by atoms with Crippen LogP contribution in [0.5, 0.6) is 5.75 Å². The fourth-order valence-electron chi connectivity index (χ4n) is 1.17. The van der Waals surface area contributed by atoms with E-state index in [1.165, 1.54) is 12.8 Å². The van der Waals surface area contributed by atoms with Gasteiger partial charge in [0, 0.05) is 0 Å². The van der Waals surface area contributed by atoms with Crippen LogP contribution in [-0.2, 0) is 0 Å². The molecule has 0 aliphatic heterocycles. The van der Waals surface area contributed by atoms with Crippen LogP contribution in [0.25, 0.3) is 0 Å². The highest BCUT2D eigenvalue weighted by atomic mass is 16.3. The number of phenolic OH excluding ortho intramolecular Hbond substituents is 1. The highest BCUT2D eigenvalue weighted by Crippen LogP contribution is 2.43. The van der Waals surface area contributed by atoms with Gasteiger partial charge in [-0.3, -0.25) is 0 Å². The van der Waals surface area contributed by atoms with Gasteiger partial charge in [0.05, 0.1) is 0 Å². The van der Waals surface area contributed by atoms with Crippen LogP contribution in [0.15, 0.2) is 18.2 Å². The van der Waals surface area contributed by atoms with Crippen LogP contribution in [-0.4, -0.2) is 5.11 Å². The van der Waals surface area contributed by atoms with Gasteiger partial charge < -0.3 is 5.11 Å². The zero-order chi connectivity index (χ0) is 6.97. The summed E-state index contributed by atoms with van der Waals surface area (Å²) in [6.45, 7) is 0. The van der Waals surface area contributed by atoms with Gasteiger partial charge in [-0.25, -0.2) is 0 Å². The van der Waals surface area contributed by atoms with E-state index in [0.29, 0.717) is 11.7 Å².